The minimum Gasteiger partial charge on any atom is -0.378 e. The Morgan fingerprint density at radius 1 is 1.07 bits per heavy atom. The van der Waals surface area contributed by atoms with E-state index in [4.69, 9.17) is 10.5 Å². The lowest BCUT2D eigenvalue weighted by atomic mass is 10.4. The molecule has 0 unspecified atom stereocenters. The number of alkyl halides is 4. The molecule has 2 N–H and O–H groups in total. The Labute approximate surface area is 79.2 Å². The molecule has 0 aliphatic rings. The first kappa shape index (κ1) is 13.6. The van der Waals surface area contributed by atoms with Crippen molar-refractivity contribution in [1.82, 2.24) is 0 Å². The largest absolute Gasteiger partial charge is 0.378 e. The normalized spacial score (nSPS) is 12.4. The smallest absolute Gasteiger partial charge is 0.330 e. The first-order chi connectivity index (χ1) is 6.50. The van der Waals surface area contributed by atoms with Crippen LogP contribution in [0.2, 0.25) is 0 Å². The molecule has 0 aromatic rings. The Morgan fingerprint density at radius 2 is 1.64 bits per heavy atom. The molecule has 0 bridgehead atoms. The summed E-state index contributed by atoms with van der Waals surface area (Å²) in [5, 5.41) is 0. The van der Waals surface area contributed by atoms with Crippen LogP contribution in [0.4, 0.5) is 17.6 Å². The van der Waals surface area contributed by atoms with E-state index < -0.39 is 19.0 Å². The number of rotatable bonds is 8. The van der Waals surface area contributed by atoms with Gasteiger partial charge in [-0.1, -0.05) is 0 Å². The molecule has 0 spiro atoms. The van der Waals surface area contributed by atoms with Crippen LogP contribution in [-0.2, 0) is 9.47 Å². The van der Waals surface area contributed by atoms with Crippen molar-refractivity contribution in [2.75, 3.05) is 33.0 Å². The van der Waals surface area contributed by atoms with Gasteiger partial charge >= 0.3 is 12.3 Å². The summed E-state index contributed by atoms with van der Waals surface area (Å²) < 4.78 is 56.6. The fourth-order valence-electron chi connectivity index (χ4n) is 0.574. The van der Waals surface area contributed by atoms with E-state index in [-0.39, 0.29) is 19.8 Å². The zero-order valence-electron chi connectivity index (χ0n) is 7.52. The van der Waals surface area contributed by atoms with Crippen LogP contribution < -0.4 is 5.73 Å². The van der Waals surface area contributed by atoms with Crippen molar-refractivity contribution < 1.29 is 27.0 Å². The minimum atomic E-state index is -4.09. The third-order valence-corrected chi connectivity index (χ3v) is 1.25. The Balaban J connectivity index is 3.35. The quantitative estimate of drug-likeness (QED) is 0.487. The second-order valence-corrected chi connectivity index (χ2v) is 2.52. The molecule has 86 valence electrons. The van der Waals surface area contributed by atoms with E-state index >= 15 is 0 Å². The van der Waals surface area contributed by atoms with Crippen LogP contribution in [0.3, 0.4) is 0 Å². The van der Waals surface area contributed by atoms with Crippen molar-refractivity contribution in [3.8, 4) is 0 Å². The van der Waals surface area contributed by atoms with Crippen molar-refractivity contribution in [3.63, 3.8) is 0 Å². The summed E-state index contributed by atoms with van der Waals surface area (Å²) in [7, 11) is 0. The van der Waals surface area contributed by atoms with E-state index in [0.29, 0.717) is 6.54 Å². The van der Waals surface area contributed by atoms with Crippen molar-refractivity contribution in [2.24, 2.45) is 5.73 Å². The highest BCUT2D eigenvalue weighted by molar-refractivity contribution is 4.67. The van der Waals surface area contributed by atoms with Gasteiger partial charge in [0, 0.05) is 6.54 Å². The average molecular weight is 219 g/mol. The summed E-state index contributed by atoms with van der Waals surface area (Å²) in [6.45, 7) is -0.780. The van der Waals surface area contributed by atoms with Crippen LogP contribution in [-0.4, -0.2) is 45.3 Å². The summed E-state index contributed by atoms with van der Waals surface area (Å²) in [5.74, 6) is -4.09. The van der Waals surface area contributed by atoms with Crippen LogP contribution >= 0.6 is 0 Å². The molecule has 0 rings (SSSR count). The second kappa shape index (κ2) is 6.97. The first-order valence-electron chi connectivity index (χ1n) is 4.02. The average Bonchev–Trinajstić information content (AvgIpc) is 2.10. The highest BCUT2D eigenvalue weighted by atomic mass is 19.3. The van der Waals surface area contributed by atoms with Gasteiger partial charge in [-0.05, 0) is 0 Å². The van der Waals surface area contributed by atoms with Gasteiger partial charge in [0.05, 0.1) is 19.8 Å². The molecule has 0 saturated heterocycles. The fourth-order valence-corrected chi connectivity index (χ4v) is 0.574. The van der Waals surface area contributed by atoms with E-state index in [1.807, 2.05) is 0 Å². The van der Waals surface area contributed by atoms with Crippen LogP contribution in [0.25, 0.3) is 0 Å². The Kier molecular flexibility index (Phi) is 6.77. The molecule has 0 fully saturated rings. The first-order valence-corrected chi connectivity index (χ1v) is 4.02. The Bertz CT molecular complexity index is 146. The molecule has 0 heterocycles. The van der Waals surface area contributed by atoms with Crippen molar-refractivity contribution in [3.05, 3.63) is 0 Å². The van der Waals surface area contributed by atoms with Gasteiger partial charge in [0.2, 0.25) is 0 Å². The Hall–Kier alpha value is -0.400. The molecule has 3 nitrogen and oxygen atoms in total. The summed E-state index contributed by atoms with van der Waals surface area (Å²) in [6.07, 6.45) is -3.70. The molecule has 0 aromatic carbocycles. The predicted octanol–water partition coefficient (Wildman–Crippen LogP) is 0.879. The highest BCUT2D eigenvalue weighted by Gasteiger charge is 2.40. The van der Waals surface area contributed by atoms with Crippen molar-refractivity contribution in [2.45, 2.75) is 12.3 Å². The molecule has 0 aromatic heterocycles. The molecule has 0 aliphatic carbocycles. The number of ether oxygens (including phenoxy) is 2. The van der Waals surface area contributed by atoms with Gasteiger partial charge < -0.3 is 15.2 Å². The molecule has 7 heteroatoms. The monoisotopic (exact) mass is 219 g/mol. The van der Waals surface area contributed by atoms with Gasteiger partial charge in [-0.15, -0.1) is 0 Å². The molecule has 0 atom stereocenters. The van der Waals surface area contributed by atoms with Gasteiger partial charge in [-0.25, -0.2) is 8.78 Å². The van der Waals surface area contributed by atoms with Crippen LogP contribution in [0, 0.1) is 0 Å². The lowest BCUT2D eigenvalue weighted by Gasteiger charge is -2.14. The topological polar surface area (TPSA) is 44.5 Å². The van der Waals surface area contributed by atoms with E-state index in [2.05, 4.69) is 4.74 Å². The van der Waals surface area contributed by atoms with Gasteiger partial charge in [-0.2, -0.15) is 8.78 Å². The lowest BCUT2D eigenvalue weighted by Crippen LogP contribution is -2.32. The number of halogens is 4. The van der Waals surface area contributed by atoms with Gasteiger partial charge in [0.1, 0.15) is 6.61 Å². The van der Waals surface area contributed by atoms with Crippen molar-refractivity contribution in [1.29, 1.82) is 0 Å². The second-order valence-electron chi connectivity index (χ2n) is 2.52. The molecule has 0 radical (unpaired) electrons. The third-order valence-electron chi connectivity index (χ3n) is 1.25. The number of hydrogen-bond donors (Lipinski definition) is 1. The number of hydrogen-bond acceptors (Lipinski definition) is 3. The van der Waals surface area contributed by atoms with Gasteiger partial charge in [0.15, 0.2) is 0 Å². The highest BCUT2D eigenvalue weighted by Crippen LogP contribution is 2.22. The minimum absolute atomic E-state index is 0.0660. The van der Waals surface area contributed by atoms with Crippen LogP contribution in [0.5, 0.6) is 0 Å². The number of nitrogens with two attached hydrogens (primary N) is 1. The maximum atomic E-state index is 12.2. The van der Waals surface area contributed by atoms with E-state index in [9.17, 15) is 17.6 Å². The lowest BCUT2D eigenvalue weighted by molar-refractivity contribution is -0.168. The summed E-state index contributed by atoms with van der Waals surface area (Å²) in [4.78, 5) is 0. The molecule has 14 heavy (non-hydrogen) atoms. The van der Waals surface area contributed by atoms with E-state index in [0.717, 1.165) is 0 Å². The van der Waals surface area contributed by atoms with E-state index in [1.165, 1.54) is 0 Å². The van der Waals surface area contributed by atoms with Crippen molar-refractivity contribution >= 4 is 0 Å². The molecular formula is C7H13F4NO2. The zero-order chi connectivity index (χ0) is 11.0. The predicted molar refractivity (Wildman–Crippen MR) is 41.6 cm³/mol. The van der Waals surface area contributed by atoms with E-state index in [1.54, 1.807) is 0 Å². The third kappa shape index (κ3) is 6.11. The van der Waals surface area contributed by atoms with Gasteiger partial charge in [0.25, 0.3) is 0 Å². The zero-order valence-corrected chi connectivity index (χ0v) is 7.52. The SMILES string of the molecule is NCCOCCOCC(F)(F)C(F)F. The van der Waals surface area contributed by atoms with Crippen LogP contribution in [0.1, 0.15) is 0 Å². The Morgan fingerprint density at radius 3 is 2.14 bits per heavy atom. The summed E-state index contributed by atoms with van der Waals surface area (Å²) >= 11 is 0. The molecule has 0 amide bonds. The maximum absolute atomic E-state index is 12.2. The van der Waals surface area contributed by atoms with Gasteiger partial charge in [-0.3, -0.25) is 0 Å². The molecule has 0 saturated carbocycles. The summed E-state index contributed by atoms with van der Waals surface area (Å²) in [5.41, 5.74) is 5.07. The maximum Gasteiger partial charge on any atom is 0.330 e. The fraction of sp³-hybridized carbons (Fsp3) is 1.00. The van der Waals surface area contributed by atoms with Crippen LogP contribution in [0.15, 0.2) is 0 Å². The summed E-state index contributed by atoms with van der Waals surface area (Å²) in [6, 6.07) is 0. The standard InChI is InChI=1S/C7H13F4NO2/c8-6(9)7(10,11)5-14-4-3-13-2-1-12/h6H,1-5,12H2. The molecular weight excluding hydrogens is 206 g/mol. The molecule has 0 aliphatic heterocycles.